The molecule has 57 valence electrons. The molecule has 10 heavy (non-hydrogen) atoms. The summed E-state index contributed by atoms with van der Waals surface area (Å²) < 4.78 is 0. The van der Waals surface area contributed by atoms with Gasteiger partial charge in [0, 0.05) is 41.3 Å². The second-order valence-electron chi connectivity index (χ2n) is 3.10. The van der Waals surface area contributed by atoms with Crippen LogP contribution in [-0.2, 0) is 0 Å². The predicted molar refractivity (Wildman–Crippen MR) is 37.4 cm³/mol. The minimum absolute atomic E-state index is 0. The summed E-state index contributed by atoms with van der Waals surface area (Å²) in [4.78, 5) is 0. The van der Waals surface area contributed by atoms with Gasteiger partial charge in [-0.05, 0) is 0 Å². The molecule has 0 heterocycles. The molecule has 1 saturated carbocycles. The van der Waals surface area contributed by atoms with E-state index in [0.29, 0.717) is 0 Å². The number of aliphatic hydroxyl groups is 1. The van der Waals surface area contributed by atoms with E-state index in [4.69, 9.17) is 5.11 Å². The van der Waals surface area contributed by atoms with Gasteiger partial charge in [0.05, 0.1) is 0 Å². The van der Waals surface area contributed by atoms with Crippen LogP contribution in [0.3, 0.4) is 0 Å². The van der Waals surface area contributed by atoms with Gasteiger partial charge >= 0.3 is 0 Å². The number of aliphatic hydroxyl groups excluding tert-OH is 1. The molecule has 0 atom stereocenters. The standard InChI is InChI=1S/C8H15O.Pr/c1-2-3-4-8(7-9)5-6-8;/h7,9H,2-6H2,1H3;/q-1;. The fourth-order valence-electron chi connectivity index (χ4n) is 1.13. The van der Waals surface area contributed by atoms with Crippen LogP contribution in [0.4, 0.5) is 0 Å². The quantitative estimate of drug-likeness (QED) is 0.777. The summed E-state index contributed by atoms with van der Waals surface area (Å²) in [7, 11) is 0. The van der Waals surface area contributed by atoms with E-state index in [-0.39, 0.29) is 46.7 Å². The van der Waals surface area contributed by atoms with Gasteiger partial charge in [-0.1, -0.05) is 39.0 Å². The first kappa shape index (κ1) is 11.3. The van der Waals surface area contributed by atoms with Crippen molar-refractivity contribution in [2.24, 2.45) is 5.41 Å². The van der Waals surface area contributed by atoms with Crippen molar-refractivity contribution in [3.63, 3.8) is 0 Å². The van der Waals surface area contributed by atoms with E-state index in [9.17, 15) is 0 Å². The predicted octanol–water partition coefficient (Wildman–Crippen LogP) is 2.49. The van der Waals surface area contributed by atoms with Gasteiger partial charge in [-0.2, -0.15) is 0 Å². The Morgan fingerprint density at radius 2 is 2.10 bits per heavy atom. The van der Waals surface area contributed by atoms with E-state index in [2.05, 4.69) is 6.92 Å². The van der Waals surface area contributed by atoms with E-state index < -0.39 is 0 Å². The Balaban J connectivity index is 0.000000810. The van der Waals surface area contributed by atoms with Crippen molar-refractivity contribution >= 4 is 0 Å². The van der Waals surface area contributed by atoms with Crippen LogP contribution in [0.15, 0.2) is 0 Å². The van der Waals surface area contributed by atoms with Gasteiger partial charge in [-0.25, -0.2) is 6.61 Å². The van der Waals surface area contributed by atoms with Gasteiger partial charge in [-0.15, -0.1) is 5.41 Å². The summed E-state index contributed by atoms with van der Waals surface area (Å²) in [6.45, 7) is 3.59. The first-order valence-electron chi connectivity index (χ1n) is 3.81. The summed E-state index contributed by atoms with van der Waals surface area (Å²) >= 11 is 0. The zero-order chi connectivity index (χ0) is 6.74. The molecule has 0 saturated heterocycles. The minimum Gasteiger partial charge on any atom is -0.565 e. The van der Waals surface area contributed by atoms with Gasteiger partial charge < -0.3 is 5.11 Å². The van der Waals surface area contributed by atoms with E-state index in [1.54, 1.807) is 0 Å². The molecular formula is C8H15OPr-. The fourth-order valence-corrected chi connectivity index (χ4v) is 1.13. The van der Waals surface area contributed by atoms with E-state index in [0.717, 1.165) is 0 Å². The van der Waals surface area contributed by atoms with Gasteiger partial charge in [0.1, 0.15) is 0 Å². The van der Waals surface area contributed by atoms with Crippen LogP contribution < -0.4 is 0 Å². The summed E-state index contributed by atoms with van der Waals surface area (Å²) in [6, 6.07) is 0. The zero-order valence-electron chi connectivity index (χ0n) is 6.64. The largest absolute Gasteiger partial charge is 0.565 e. The molecule has 1 fully saturated rings. The molecule has 0 amide bonds. The molecule has 0 unspecified atom stereocenters. The zero-order valence-corrected chi connectivity index (χ0v) is 10.3. The van der Waals surface area contributed by atoms with Crippen molar-refractivity contribution < 1.29 is 46.4 Å². The van der Waals surface area contributed by atoms with Crippen LogP contribution in [0.1, 0.15) is 39.0 Å². The molecular weight excluding hydrogens is 253 g/mol. The SMILES string of the molecule is CCCCC1([CH-]O)CC1.[Pr]. The van der Waals surface area contributed by atoms with Crippen molar-refractivity contribution in [2.45, 2.75) is 39.0 Å². The van der Waals surface area contributed by atoms with Crippen LogP contribution >= 0.6 is 0 Å². The van der Waals surface area contributed by atoms with E-state index in [1.165, 1.54) is 38.7 Å². The third kappa shape index (κ3) is 3.15. The first-order chi connectivity index (χ1) is 4.33. The molecule has 0 aliphatic heterocycles. The van der Waals surface area contributed by atoms with Crippen molar-refractivity contribution in [1.82, 2.24) is 0 Å². The second-order valence-corrected chi connectivity index (χ2v) is 3.10. The molecule has 1 aliphatic rings. The average Bonchev–Trinajstić information content (AvgIpc) is 2.65. The summed E-state index contributed by atoms with van der Waals surface area (Å²) in [5.41, 5.74) is 0.274. The second kappa shape index (κ2) is 5.06. The normalized spacial score (nSPS) is 19.8. The smallest absolute Gasteiger partial charge is 0 e. The maximum absolute atomic E-state index is 8.76. The molecule has 0 aromatic carbocycles. The Morgan fingerprint density at radius 3 is 2.40 bits per heavy atom. The van der Waals surface area contributed by atoms with Gasteiger partial charge in [0.15, 0.2) is 0 Å². The number of rotatable bonds is 4. The van der Waals surface area contributed by atoms with Gasteiger partial charge in [0.25, 0.3) is 0 Å². The number of hydrogen-bond donors (Lipinski definition) is 1. The molecule has 1 nitrogen and oxygen atoms in total. The van der Waals surface area contributed by atoms with E-state index >= 15 is 0 Å². The number of unbranched alkanes of at least 4 members (excludes halogenated alkanes) is 1. The number of hydrogen-bond acceptors (Lipinski definition) is 1. The van der Waals surface area contributed by atoms with Crippen molar-refractivity contribution in [3.8, 4) is 0 Å². The summed E-state index contributed by atoms with van der Waals surface area (Å²) in [5, 5.41) is 8.76. The van der Waals surface area contributed by atoms with Crippen molar-refractivity contribution in [2.75, 3.05) is 0 Å². The topological polar surface area (TPSA) is 20.2 Å². The van der Waals surface area contributed by atoms with Crippen LogP contribution in [0.25, 0.3) is 0 Å². The summed E-state index contributed by atoms with van der Waals surface area (Å²) in [5.74, 6) is 0. The Morgan fingerprint density at radius 1 is 1.50 bits per heavy atom. The van der Waals surface area contributed by atoms with Gasteiger partial charge in [0.2, 0.25) is 0 Å². The molecule has 1 radical (unpaired) electrons. The minimum atomic E-state index is 0. The van der Waals surface area contributed by atoms with Gasteiger partial charge in [-0.3, -0.25) is 0 Å². The monoisotopic (exact) mass is 268 g/mol. The average molecular weight is 268 g/mol. The Kier molecular flexibility index (Phi) is 5.72. The van der Waals surface area contributed by atoms with Crippen molar-refractivity contribution in [3.05, 3.63) is 6.61 Å². The first-order valence-corrected chi connectivity index (χ1v) is 3.81. The molecule has 0 aromatic rings. The van der Waals surface area contributed by atoms with E-state index in [1.807, 2.05) is 0 Å². The van der Waals surface area contributed by atoms with Crippen LogP contribution in [0.5, 0.6) is 0 Å². The molecule has 2 heteroatoms. The third-order valence-corrected chi connectivity index (χ3v) is 2.19. The molecule has 1 N–H and O–H groups in total. The van der Waals surface area contributed by atoms with Crippen LogP contribution in [0, 0.1) is 53.3 Å². The Labute approximate surface area is 96.5 Å². The van der Waals surface area contributed by atoms with Crippen LogP contribution in [0.2, 0.25) is 0 Å². The van der Waals surface area contributed by atoms with Crippen molar-refractivity contribution in [1.29, 1.82) is 0 Å². The molecule has 0 bridgehead atoms. The molecule has 1 rings (SSSR count). The third-order valence-electron chi connectivity index (χ3n) is 2.19. The van der Waals surface area contributed by atoms with Crippen LogP contribution in [-0.4, -0.2) is 5.11 Å². The summed E-state index contributed by atoms with van der Waals surface area (Å²) in [6.07, 6.45) is 6.12. The Bertz CT molecular complexity index is 89.3. The maximum Gasteiger partial charge on any atom is 0 e. The maximum atomic E-state index is 8.76. The molecule has 0 spiro atoms. The molecule has 0 aromatic heterocycles. The Hall–Kier alpha value is 1.32. The fraction of sp³-hybridized carbons (Fsp3) is 0.875. The molecule has 1 aliphatic carbocycles.